The molecule has 3 aromatic rings. The number of fused-ring (bicyclic) bond motifs is 1. The molecule has 9 nitrogen and oxygen atoms in total. The molecule has 1 aliphatic rings. The molecule has 1 N–H and O–H groups in total. The van der Waals surface area contributed by atoms with Crippen molar-refractivity contribution in [3.63, 3.8) is 0 Å². The van der Waals surface area contributed by atoms with Crippen molar-refractivity contribution in [3.05, 3.63) is 58.7 Å². The number of carbonyl (C=O) groups excluding carboxylic acids is 1. The van der Waals surface area contributed by atoms with Crippen LogP contribution in [0.5, 0.6) is 17.2 Å². The van der Waals surface area contributed by atoms with Crippen LogP contribution >= 0.6 is 11.6 Å². The minimum absolute atomic E-state index is 0.0396. The molecule has 1 atom stereocenters. The molecule has 0 aliphatic carbocycles. The summed E-state index contributed by atoms with van der Waals surface area (Å²) in [4.78, 5) is 28.7. The van der Waals surface area contributed by atoms with E-state index in [9.17, 15) is 9.59 Å². The monoisotopic (exact) mass is 511 g/mol. The first kappa shape index (κ1) is 25.2. The zero-order valence-corrected chi connectivity index (χ0v) is 20.9. The average molecular weight is 512 g/mol. The molecule has 0 saturated heterocycles. The first-order chi connectivity index (χ1) is 17.3. The number of carboxylic acid groups (broad SMARTS) is 1. The molecule has 0 spiro atoms. The highest BCUT2D eigenvalue weighted by Crippen LogP contribution is 2.39. The van der Waals surface area contributed by atoms with Gasteiger partial charge in [-0.1, -0.05) is 11.6 Å². The van der Waals surface area contributed by atoms with Gasteiger partial charge in [0.05, 0.1) is 38.6 Å². The van der Waals surface area contributed by atoms with E-state index in [4.69, 9.17) is 30.9 Å². The highest BCUT2D eigenvalue weighted by Gasteiger charge is 2.35. The first-order valence-corrected chi connectivity index (χ1v) is 11.7. The topological polar surface area (TPSA) is 111 Å². The van der Waals surface area contributed by atoms with Crippen molar-refractivity contribution in [2.75, 3.05) is 21.3 Å². The fourth-order valence-electron chi connectivity index (χ4n) is 4.19. The van der Waals surface area contributed by atoms with Crippen LogP contribution in [0.1, 0.15) is 42.9 Å². The number of carboxylic acids is 1. The molecule has 0 radical (unpaired) electrons. The van der Waals surface area contributed by atoms with Crippen LogP contribution < -0.4 is 14.2 Å². The van der Waals surface area contributed by atoms with E-state index >= 15 is 0 Å². The minimum atomic E-state index is -0.953. The number of nitrogens with zero attached hydrogens (tertiary/aromatic N) is 3. The molecule has 188 valence electrons. The van der Waals surface area contributed by atoms with E-state index in [-0.39, 0.29) is 30.3 Å². The Balaban J connectivity index is 1.73. The van der Waals surface area contributed by atoms with Crippen LogP contribution in [-0.2, 0) is 9.59 Å². The number of benzene rings is 2. The number of hydrazone groups is 1. The second-order valence-corrected chi connectivity index (χ2v) is 8.61. The molecule has 36 heavy (non-hydrogen) atoms. The van der Waals surface area contributed by atoms with Gasteiger partial charge in [-0.2, -0.15) is 5.10 Å². The Hall–Kier alpha value is -3.85. The zero-order valence-electron chi connectivity index (χ0n) is 20.2. The summed E-state index contributed by atoms with van der Waals surface area (Å²) in [6.45, 7) is 0. The van der Waals surface area contributed by atoms with E-state index < -0.39 is 12.0 Å². The molecular formula is C26H26ClN3O6. The summed E-state index contributed by atoms with van der Waals surface area (Å²) in [5, 5.41) is 16.1. The van der Waals surface area contributed by atoms with Gasteiger partial charge in [0, 0.05) is 35.8 Å². The number of hydrogen-bond acceptors (Lipinski definition) is 7. The Morgan fingerprint density at radius 2 is 1.81 bits per heavy atom. The lowest BCUT2D eigenvalue weighted by Gasteiger charge is -2.23. The Labute approximate surface area is 213 Å². The predicted octanol–water partition coefficient (Wildman–Crippen LogP) is 4.85. The van der Waals surface area contributed by atoms with Crippen molar-refractivity contribution in [2.24, 2.45) is 5.10 Å². The van der Waals surface area contributed by atoms with Crippen LogP contribution in [0.4, 0.5) is 0 Å². The van der Waals surface area contributed by atoms with Crippen LogP contribution in [0.3, 0.4) is 0 Å². The second kappa shape index (κ2) is 10.8. The SMILES string of the molecule is COc1ccc2nc(Cl)c([C@H]3CC(c4ccc(OC)c(OC)c4)=NN3C(=O)CCCC(=O)O)cc2c1. The number of hydrogen-bond donors (Lipinski definition) is 1. The lowest BCUT2D eigenvalue weighted by atomic mass is 9.98. The average Bonchev–Trinajstić information content (AvgIpc) is 3.32. The maximum Gasteiger partial charge on any atom is 0.303 e. The Kier molecular flexibility index (Phi) is 7.59. The molecular weight excluding hydrogens is 486 g/mol. The summed E-state index contributed by atoms with van der Waals surface area (Å²) >= 11 is 6.61. The van der Waals surface area contributed by atoms with Gasteiger partial charge in [-0.15, -0.1) is 0 Å². The summed E-state index contributed by atoms with van der Waals surface area (Å²) in [5.41, 5.74) is 2.77. The van der Waals surface area contributed by atoms with Crippen LogP contribution in [0.15, 0.2) is 47.6 Å². The van der Waals surface area contributed by atoms with Gasteiger partial charge in [0.25, 0.3) is 0 Å². The number of ether oxygens (including phenoxy) is 3. The van der Waals surface area contributed by atoms with Gasteiger partial charge in [-0.3, -0.25) is 9.59 Å². The van der Waals surface area contributed by atoms with E-state index in [1.165, 1.54) is 5.01 Å². The third kappa shape index (κ3) is 5.21. The number of methoxy groups -OCH3 is 3. The summed E-state index contributed by atoms with van der Waals surface area (Å²) in [6.07, 6.45) is 0.531. The maximum absolute atomic E-state index is 13.2. The Morgan fingerprint density at radius 3 is 2.50 bits per heavy atom. The fourth-order valence-corrected chi connectivity index (χ4v) is 4.46. The van der Waals surface area contributed by atoms with Crippen LogP contribution in [0.25, 0.3) is 10.9 Å². The molecule has 1 aliphatic heterocycles. The van der Waals surface area contributed by atoms with Crippen molar-refractivity contribution in [3.8, 4) is 17.2 Å². The van der Waals surface area contributed by atoms with E-state index in [0.717, 1.165) is 10.9 Å². The van der Waals surface area contributed by atoms with Gasteiger partial charge in [0.1, 0.15) is 10.9 Å². The highest BCUT2D eigenvalue weighted by atomic mass is 35.5. The summed E-state index contributed by atoms with van der Waals surface area (Å²) in [6, 6.07) is 12.3. The molecule has 2 heterocycles. The molecule has 0 saturated carbocycles. The molecule has 4 rings (SSSR count). The molecule has 1 amide bonds. The lowest BCUT2D eigenvalue weighted by molar-refractivity contribution is -0.137. The molecule has 2 aromatic carbocycles. The van der Waals surface area contributed by atoms with Gasteiger partial charge >= 0.3 is 5.97 Å². The van der Waals surface area contributed by atoms with Crippen LogP contribution in [0, 0.1) is 0 Å². The second-order valence-electron chi connectivity index (χ2n) is 8.25. The summed E-state index contributed by atoms with van der Waals surface area (Å²) in [5.74, 6) is 0.545. The highest BCUT2D eigenvalue weighted by molar-refractivity contribution is 6.30. The van der Waals surface area contributed by atoms with Crippen molar-refractivity contribution in [1.29, 1.82) is 0 Å². The number of halogens is 1. The van der Waals surface area contributed by atoms with Gasteiger partial charge in [0.2, 0.25) is 5.91 Å². The van der Waals surface area contributed by atoms with Gasteiger partial charge < -0.3 is 19.3 Å². The van der Waals surface area contributed by atoms with Crippen LogP contribution in [-0.4, -0.2) is 54.0 Å². The number of amides is 1. The number of aromatic nitrogens is 1. The van der Waals surface area contributed by atoms with E-state index in [2.05, 4.69) is 10.1 Å². The standard InChI is InChI=1S/C26H26ClN3O6/c1-34-17-8-9-19-16(11-17)12-18(26(27)28-19)21-14-20(15-7-10-22(35-2)23(13-15)36-3)29-30(21)24(31)5-4-6-25(32)33/h7-13,21H,4-6,14H2,1-3H3,(H,32,33)/t21-/m1/s1. The normalized spacial score (nSPS) is 15.1. The Morgan fingerprint density at radius 1 is 1.03 bits per heavy atom. The largest absolute Gasteiger partial charge is 0.497 e. The zero-order chi connectivity index (χ0) is 25.8. The smallest absolute Gasteiger partial charge is 0.303 e. The fraction of sp³-hybridized carbons (Fsp3) is 0.308. The van der Waals surface area contributed by atoms with Gasteiger partial charge in [-0.25, -0.2) is 9.99 Å². The predicted molar refractivity (Wildman–Crippen MR) is 135 cm³/mol. The lowest BCUT2D eigenvalue weighted by Crippen LogP contribution is -2.27. The number of rotatable bonds is 9. The molecule has 0 fully saturated rings. The van der Waals surface area contributed by atoms with Crippen molar-refractivity contribution in [2.45, 2.75) is 31.7 Å². The molecule has 0 unspecified atom stereocenters. The number of aliphatic carboxylic acids is 1. The van der Waals surface area contributed by atoms with Gasteiger partial charge in [0.15, 0.2) is 11.5 Å². The van der Waals surface area contributed by atoms with E-state index in [1.807, 2.05) is 24.3 Å². The quantitative estimate of drug-likeness (QED) is 0.409. The third-order valence-corrected chi connectivity index (χ3v) is 6.33. The van der Waals surface area contributed by atoms with Crippen molar-refractivity contribution in [1.82, 2.24) is 9.99 Å². The van der Waals surface area contributed by atoms with E-state index in [0.29, 0.717) is 40.5 Å². The maximum atomic E-state index is 13.2. The Bertz CT molecular complexity index is 1340. The number of pyridine rings is 1. The van der Waals surface area contributed by atoms with Crippen molar-refractivity contribution >= 4 is 40.1 Å². The van der Waals surface area contributed by atoms with E-state index in [1.54, 1.807) is 39.5 Å². The number of carbonyl (C=O) groups is 2. The van der Waals surface area contributed by atoms with Crippen molar-refractivity contribution < 1.29 is 28.9 Å². The van der Waals surface area contributed by atoms with Gasteiger partial charge in [-0.05, 0) is 48.9 Å². The minimum Gasteiger partial charge on any atom is -0.497 e. The molecule has 0 bridgehead atoms. The summed E-state index contributed by atoms with van der Waals surface area (Å²) in [7, 11) is 4.69. The molecule has 1 aromatic heterocycles. The summed E-state index contributed by atoms with van der Waals surface area (Å²) < 4.78 is 16.1. The molecule has 10 heteroatoms. The van der Waals surface area contributed by atoms with Crippen LogP contribution in [0.2, 0.25) is 5.15 Å². The first-order valence-electron chi connectivity index (χ1n) is 11.3. The third-order valence-electron chi connectivity index (χ3n) is 6.03.